The van der Waals surface area contributed by atoms with Crippen LogP contribution in [0.1, 0.15) is 51.9 Å². The van der Waals surface area contributed by atoms with Gasteiger partial charge in [0.2, 0.25) is 5.91 Å². The summed E-state index contributed by atoms with van der Waals surface area (Å²) in [6.45, 7) is 3.81. The first-order chi connectivity index (χ1) is 10.1. The number of carboxylic acids is 1. The Morgan fingerprint density at radius 3 is 2.67 bits per heavy atom. The molecule has 1 aliphatic heterocycles. The van der Waals surface area contributed by atoms with E-state index in [4.69, 9.17) is 9.84 Å². The number of carbonyl (C=O) groups is 2. The average molecular weight is 297 g/mol. The minimum absolute atomic E-state index is 0.0146. The van der Waals surface area contributed by atoms with E-state index in [1.54, 1.807) is 4.90 Å². The lowest BCUT2D eigenvalue weighted by Crippen LogP contribution is -2.43. The second kappa shape index (κ2) is 7.78. The van der Waals surface area contributed by atoms with Crippen LogP contribution in [0.25, 0.3) is 0 Å². The van der Waals surface area contributed by atoms with Crippen molar-refractivity contribution in [2.75, 3.05) is 19.7 Å². The van der Waals surface area contributed by atoms with Crippen LogP contribution in [0.5, 0.6) is 0 Å². The van der Waals surface area contributed by atoms with Crippen molar-refractivity contribution in [3.05, 3.63) is 0 Å². The largest absolute Gasteiger partial charge is 0.481 e. The molecule has 2 rings (SSSR count). The van der Waals surface area contributed by atoms with Gasteiger partial charge in [0, 0.05) is 25.6 Å². The second-order valence-corrected chi connectivity index (χ2v) is 6.53. The zero-order valence-corrected chi connectivity index (χ0v) is 12.9. The standard InChI is InChI=1S/C16H27NO4/c1-12-4-2-5-13(10-12)16(20)17(8-7-15(18)19)11-14-6-3-9-21-14/h12-14H,2-11H2,1H3,(H,18,19)/t12-,13+,14-/m1/s1. The monoisotopic (exact) mass is 297 g/mol. The lowest BCUT2D eigenvalue weighted by Gasteiger charge is -2.32. The summed E-state index contributed by atoms with van der Waals surface area (Å²) in [5.74, 6) is -0.0452. The van der Waals surface area contributed by atoms with Gasteiger partial charge in [-0.25, -0.2) is 0 Å². The van der Waals surface area contributed by atoms with Gasteiger partial charge in [0.15, 0.2) is 0 Å². The zero-order valence-electron chi connectivity index (χ0n) is 12.9. The highest BCUT2D eigenvalue weighted by atomic mass is 16.5. The van der Waals surface area contributed by atoms with Crippen molar-refractivity contribution < 1.29 is 19.4 Å². The molecule has 0 aromatic carbocycles. The predicted molar refractivity (Wildman–Crippen MR) is 78.9 cm³/mol. The quantitative estimate of drug-likeness (QED) is 0.817. The summed E-state index contributed by atoms with van der Waals surface area (Å²) in [5, 5.41) is 8.89. The van der Waals surface area contributed by atoms with Gasteiger partial charge in [-0.15, -0.1) is 0 Å². The Bertz CT molecular complexity index is 365. The maximum Gasteiger partial charge on any atom is 0.305 e. The van der Waals surface area contributed by atoms with Gasteiger partial charge in [0.25, 0.3) is 0 Å². The Morgan fingerprint density at radius 1 is 1.24 bits per heavy atom. The van der Waals surface area contributed by atoms with Crippen molar-refractivity contribution in [3.63, 3.8) is 0 Å². The van der Waals surface area contributed by atoms with Crippen LogP contribution in [0, 0.1) is 11.8 Å². The molecule has 1 N–H and O–H groups in total. The number of carboxylic acid groups (broad SMARTS) is 1. The molecule has 1 amide bonds. The van der Waals surface area contributed by atoms with Gasteiger partial charge < -0.3 is 14.7 Å². The highest BCUT2D eigenvalue weighted by Gasteiger charge is 2.30. The van der Waals surface area contributed by atoms with Gasteiger partial charge in [-0.3, -0.25) is 9.59 Å². The maximum atomic E-state index is 12.7. The van der Waals surface area contributed by atoms with Crippen LogP contribution in [0.15, 0.2) is 0 Å². The van der Waals surface area contributed by atoms with Crippen LogP contribution >= 0.6 is 0 Å². The average Bonchev–Trinajstić information content (AvgIpc) is 2.95. The Hall–Kier alpha value is -1.10. The summed E-state index contributed by atoms with van der Waals surface area (Å²) in [6.07, 6.45) is 6.29. The fraction of sp³-hybridized carbons (Fsp3) is 0.875. The van der Waals surface area contributed by atoms with Crippen LogP contribution in [-0.4, -0.2) is 47.7 Å². The Morgan fingerprint density at radius 2 is 2.05 bits per heavy atom. The fourth-order valence-corrected chi connectivity index (χ4v) is 3.47. The van der Waals surface area contributed by atoms with E-state index in [0.717, 1.165) is 38.7 Å². The SMILES string of the molecule is C[C@@H]1CCC[C@H](C(=O)N(CCC(=O)O)C[C@H]2CCCO2)C1. The zero-order chi connectivity index (χ0) is 15.2. The molecule has 0 aromatic heterocycles. The molecule has 120 valence electrons. The highest BCUT2D eigenvalue weighted by Crippen LogP contribution is 2.30. The van der Waals surface area contributed by atoms with Gasteiger partial charge in [0.1, 0.15) is 0 Å². The normalized spacial score (nSPS) is 29.3. The number of aliphatic carboxylic acids is 1. The number of hydrogen-bond donors (Lipinski definition) is 1. The van der Waals surface area contributed by atoms with E-state index in [0.29, 0.717) is 19.0 Å². The third-order valence-electron chi connectivity index (χ3n) is 4.64. The summed E-state index contributed by atoms with van der Waals surface area (Å²) in [4.78, 5) is 25.3. The molecule has 2 fully saturated rings. The molecule has 0 bridgehead atoms. The molecule has 0 unspecified atom stereocenters. The number of carbonyl (C=O) groups excluding carboxylic acids is 1. The lowest BCUT2D eigenvalue weighted by atomic mass is 9.81. The van der Waals surface area contributed by atoms with Crippen molar-refractivity contribution in [1.82, 2.24) is 4.90 Å². The number of rotatable bonds is 6. The summed E-state index contributed by atoms with van der Waals surface area (Å²) in [6, 6.07) is 0. The van der Waals surface area contributed by atoms with Gasteiger partial charge in [-0.1, -0.05) is 19.8 Å². The van der Waals surface area contributed by atoms with Crippen LogP contribution < -0.4 is 0 Å². The van der Waals surface area contributed by atoms with E-state index in [1.165, 1.54) is 6.42 Å². The highest BCUT2D eigenvalue weighted by molar-refractivity contribution is 5.79. The van der Waals surface area contributed by atoms with E-state index < -0.39 is 5.97 Å². The fourth-order valence-electron chi connectivity index (χ4n) is 3.47. The van der Waals surface area contributed by atoms with Gasteiger partial charge in [-0.05, 0) is 31.6 Å². The molecule has 1 heterocycles. The third kappa shape index (κ3) is 4.99. The number of ether oxygens (including phenoxy) is 1. The molecule has 5 nitrogen and oxygen atoms in total. The minimum Gasteiger partial charge on any atom is -0.481 e. The maximum absolute atomic E-state index is 12.7. The van der Waals surface area contributed by atoms with Gasteiger partial charge in [0.05, 0.1) is 12.5 Å². The van der Waals surface area contributed by atoms with Crippen molar-refractivity contribution in [3.8, 4) is 0 Å². The molecule has 1 aliphatic carbocycles. The predicted octanol–water partition coefficient (Wildman–Crippen LogP) is 2.29. The summed E-state index contributed by atoms with van der Waals surface area (Å²) >= 11 is 0. The Labute approximate surface area is 126 Å². The molecular formula is C16H27NO4. The number of hydrogen-bond acceptors (Lipinski definition) is 3. The molecular weight excluding hydrogens is 270 g/mol. The number of amides is 1. The summed E-state index contributed by atoms with van der Waals surface area (Å²) < 4.78 is 5.61. The molecule has 1 saturated carbocycles. The number of nitrogens with zero attached hydrogens (tertiary/aromatic N) is 1. The van der Waals surface area contributed by atoms with Crippen LogP contribution in [-0.2, 0) is 14.3 Å². The van der Waals surface area contributed by atoms with Crippen LogP contribution in [0.4, 0.5) is 0 Å². The summed E-state index contributed by atoms with van der Waals surface area (Å²) in [5.41, 5.74) is 0. The first kappa shape index (κ1) is 16.3. The van der Waals surface area contributed by atoms with E-state index in [9.17, 15) is 9.59 Å². The Balaban J connectivity index is 1.94. The molecule has 1 saturated heterocycles. The first-order valence-corrected chi connectivity index (χ1v) is 8.18. The molecule has 0 radical (unpaired) electrons. The third-order valence-corrected chi connectivity index (χ3v) is 4.64. The smallest absolute Gasteiger partial charge is 0.305 e. The molecule has 3 atom stereocenters. The minimum atomic E-state index is -0.850. The van der Waals surface area contributed by atoms with Crippen LogP contribution in [0.2, 0.25) is 0 Å². The second-order valence-electron chi connectivity index (χ2n) is 6.53. The van der Waals surface area contributed by atoms with E-state index >= 15 is 0 Å². The van der Waals surface area contributed by atoms with Gasteiger partial charge in [-0.2, -0.15) is 0 Å². The molecule has 2 aliphatic rings. The van der Waals surface area contributed by atoms with E-state index in [1.807, 2.05) is 0 Å². The van der Waals surface area contributed by atoms with Crippen molar-refractivity contribution >= 4 is 11.9 Å². The van der Waals surface area contributed by atoms with Crippen molar-refractivity contribution in [1.29, 1.82) is 0 Å². The molecule has 21 heavy (non-hydrogen) atoms. The van der Waals surface area contributed by atoms with E-state index in [2.05, 4.69) is 6.92 Å². The first-order valence-electron chi connectivity index (χ1n) is 8.18. The van der Waals surface area contributed by atoms with Crippen molar-refractivity contribution in [2.24, 2.45) is 11.8 Å². The topological polar surface area (TPSA) is 66.8 Å². The van der Waals surface area contributed by atoms with Crippen LogP contribution in [0.3, 0.4) is 0 Å². The van der Waals surface area contributed by atoms with E-state index in [-0.39, 0.29) is 24.3 Å². The Kier molecular flexibility index (Phi) is 6.03. The van der Waals surface area contributed by atoms with Gasteiger partial charge >= 0.3 is 5.97 Å². The lowest BCUT2D eigenvalue weighted by molar-refractivity contribution is -0.141. The molecule has 0 aromatic rings. The van der Waals surface area contributed by atoms with Crippen molar-refractivity contribution in [2.45, 2.75) is 58.0 Å². The molecule has 0 spiro atoms. The molecule has 5 heteroatoms. The summed E-state index contributed by atoms with van der Waals surface area (Å²) in [7, 11) is 0.